The van der Waals surface area contributed by atoms with Crippen LogP contribution in [-0.4, -0.2) is 9.13 Å². The van der Waals surface area contributed by atoms with Gasteiger partial charge in [0.25, 0.3) is 0 Å². The molecule has 0 radical (unpaired) electrons. The van der Waals surface area contributed by atoms with Crippen LogP contribution in [0.15, 0.2) is 194 Å². The fourth-order valence-corrected chi connectivity index (χ4v) is 9.12. The third-order valence-corrected chi connectivity index (χ3v) is 11.6. The third-order valence-electron chi connectivity index (χ3n) is 11.6. The van der Waals surface area contributed by atoms with Crippen LogP contribution in [0, 0.1) is 0 Å². The minimum Gasteiger partial charge on any atom is -0.309 e. The first-order valence-corrected chi connectivity index (χ1v) is 18.7. The van der Waals surface area contributed by atoms with E-state index in [2.05, 4.69) is 203 Å². The van der Waals surface area contributed by atoms with Crippen molar-refractivity contribution in [3.05, 3.63) is 194 Å². The van der Waals surface area contributed by atoms with E-state index in [-0.39, 0.29) is 0 Å². The van der Waals surface area contributed by atoms with Crippen LogP contribution in [0.2, 0.25) is 0 Å². The Morgan fingerprint density at radius 2 is 0.630 bits per heavy atom. The van der Waals surface area contributed by atoms with E-state index in [4.69, 9.17) is 0 Å². The number of hydrogen-bond donors (Lipinski definition) is 0. The molecule has 2 nitrogen and oxygen atoms in total. The average molecular weight is 685 g/mol. The van der Waals surface area contributed by atoms with E-state index in [0.717, 1.165) is 0 Å². The van der Waals surface area contributed by atoms with Crippen molar-refractivity contribution >= 4 is 86.7 Å². The van der Waals surface area contributed by atoms with E-state index in [9.17, 15) is 0 Å². The van der Waals surface area contributed by atoms with Crippen molar-refractivity contribution in [1.82, 2.24) is 9.13 Å². The van der Waals surface area contributed by atoms with Gasteiger partial charge in [-0.3, -0.25) is 0 Å². The Morgan fingerprint density at radius 3 is 1.11 bits per heavy atom. The summed E-state index contributed by atoms with van der Waals surface area (Å²) in [5.41, 5.74) is 9.67. The lowest BCUT2D eigenvalue weighted by Crippen LogP contribution is -1.93. The minimum absolute atomic E-state index is 1.18. The molecule has 0 saturated heterocycles. The second kappa shape index (κ2) is 11.2. The molecule has 0 aliphatic carbocycles. The van der Waals surface area contributed by atoms with Gasteiger partial charge in [0.15, 0.2) is 0 Å². The first-order chi connectivity index (χ1) is 26.8. The normalized spacial score (nSPS) is 12.1. The minimum atomic E-state index is 1.18. The van der Waals surface area contributed by atoms with Crippen LogP contribution in [0.4, 0.5) is 0 Å². The summed E-state index contributed by atoms with van der Waals surface area (Å²) in [6.45, 7) is 0. The van der Waals surface area contributed by atoms with E-state index in [0.29, 0.717) is 0 Å². The molecular weight excluding hydrogens is 653 g/mol. The number of nitrogens with zero attached hydrogens (tertiary/aromatic N) is 2. The Hall–Kier alpha value is -7.16. The summed E-state index contributed by atoms with van der Waals surface area (Å²) in [6.07, 6.45) is 0. The van der Waals surface area contributed by atoms with Crippen molar-refractivity contribution < 1.29 is 0 Å². The molecule has 0 fully saturated rings. The molecule has 0 amide bonds. The molecular formula is C52H32N2. The molecule has 0 aliphatic heterocycles. The SMILES string of the molecule is c1ccc2cc(-n3c4ccccc4c4c5cc(-c6ccc7ccc8c(c7c6)c6ccccc6n8-c6ccc7ccccc7c6)ccc5ccc43)ccc2c1. The van der Waals surface area contributed by atoms with Crippen LogP contribution in [-0.2, 0) is 0 Å². The fraction of sp³-hybridized carbons (Fsp3) is 0. The predicted octanol–water partition coefficient (Wildman–Crippen LogP) is 14.2. The molecule has 0 unspecified atom stereocenters. The number of para-hydroxylation sites is 2. The number of benzene rings is 10. The maximum absolute atomic E-state index is 2.43. The third kappa shape index (κ3) is 4.22. The molecule has 12 aromatic rings. The second-order valence-corrected chi connectivity index (χ2v) is 14.6. The number of fused-ring (bicyclic) bond motifs is 12. The summed E-state index contributed by atoms with van der Waals surface area (Å²) in [7, 11) is 0. The molecule has 250 valence electrons. The van der Waals surface area contributed by atoms with Gasteiger partial charge in [0, 0.05) is 32.9 Å². The van der Waals surface area contributed by atoms with Crippen molar-refractivity contribution in [3.8, 4) is 22.5 Å². The Balaban J connectivity index is 1.08. The lowest BCUT2D eigenvalue weighted by atomic mass is 9.95. The van der Waals surface area contributed by atoms with Gasteiger partial charge < -0.3 is 9.13 Å². The highest BCUT2D eigenvalue weighted by Crippen LogP contribution is 2.41. The molecule has 0 atom stereocenters. The molecule has 0 aliphatic rings. The Labute approximate surface area is 311 Å². The molecule has 0 saturated carbocycles. The summed E-state index contributed by atoms with van der Waals surface area (Å²) in [5, 5.41) is 15.1. The summed E-state index contributed by atoms with van der Waals surface area (Å²) < 4.78 is 4.86. The molecule has 0 bridgehead atoms. The maximum atomic E-state index is 2.43. The molecule has 12 rings (SSSR count). The van der Waals surface area contributed by atoms with E-state index in [1.54, 1.807) is 0 Å². The Kier molecular flexibility index (Phi) is 6.09. The summed E-state index contributed by atoms with van der Waals surface area (Å²) >= 11 is 0. The van der Waals surface area contributed by atoms with Crippen molar-refractivity contribution in [1.29, 1.82) is 0 Å². The summed E-state index contributed by atoms with van der Waals surface area (Å²) in [5.74, 6) is 0. The van der Waals surface area contributed by atoms with Gasteiger partial charge in [0.1, 0.15) is 0 Å². The average Bonchev–Trinajstić information content (AvgIpc) is 3.76. The van der Waals surface area contributed by atoms with Crippen molar-refractivity contribution in [2.75, 3.05) is 0 Å². The lowest BCUT2D eigenvalue weighted by Gasteiger charge is -2.11. The smallest absolute Gasteiger partial charge is 0.0547 e. The van der Waals surface area contributed by atoms with Gasteiger partial charge in [-0.15, -0.1) is 0 Å². The Morgan fingerprint density at radius 1 is 0.241 bits per heavy atom. The standard InChI is InChI=1S/C52H32N2/c1-3-11-37-29-41(25-21-33(37)9-1)53-47-15-7-5-13-43(47)51-45-31-39(19-17-35(45)23-27-49(51)53)40-20-18-36-24-28-50-52(46(36)32-40)44-14-6-8-16-48(44)54(50)42-26-22-34-10-2-4-12-38(34)30-42/h1-32H. The molecule has 10 aromatic carbocycles. The summed E-state index contributed by atoms with van der Waals surface area (Å²) in [4.78, 5) is 0. The molecule has 2 aromatic heterocycles. The molecule has 0 N–H and O–H groups in total. The molecule has 54 heavy (non-hydrogen) atoms. The second-order valence-electron chi connectivity index (χ2n) is 14.6. The van der Waals surface area contributed by atoms with Gasteiger partial charge in [-0.25, -0.2) is 0 Å². The van der Waals surface area contributed by atoms with Crippen LogP contribution in [0.25, 0.3) is 109 Å². The maximum Gasteiger partial charge on any atom is 0.0547 e. The first-order valence-electron chi connectivity index (χ1n) is 18.7. The van der Waals surface area contributed by atoms with E-state index in [1.165, 1.54) is 109 Å². The fourth-order valence-electron chi connectivity index (χ4n) is 9.12. The van der Waals surface area contributed by atoms with E-state index < -0.39 is 0 Å². The van der Waals surface area contributed by atoms with Crippen molar-refractivity contribution in [2.24, 2.45) is 0 Å². The highest BCUT2D eigenvalue weighted by atomic mass is 15.0. The van der Waals surface area contributed by atoms with Crippen LogP contribution in [0.3, 0.4) is 0 Å². The van der Waals surface area contributed by atoms with Gasteiger partial charge in [-0.1, -0.05) is 133 Å². The van der Waals surface area contributed by atoms with Crippen LogP contribution < -0.4 is 0 Å². The number of aromatic nitrogens is 2. The predicted molar refractivity (Wildman–Crippen MR) is 231 cm³/mol. The van der Waals surface area contributed by atoms with E-state index >= 15 is 0 Å². The Bertz CT molecular complexity index is 3270. The lowest BCUT2D eigenvalue weighted by molar-refractivity contribution is 1.19. The van der Waals surface area contributed by atoms with Crippen molar-refractivity contribution in [3.63, 3.8) is 0 Å². The van der Waals surface area contributed by atoms with Crippen molar-refractivity contribution in [2.45, 2.75) is 0 Å². The number of hydrogen-bond acceptors (Lipinski definition) is 0. The van der Waals surface area contributed by atoms with Gasteiger partial charge >= 0.3 is 0 Å². The van der Waals surface area contributed by atoms with Crippen LogP contribution in [0.1, 0.15) is 0 Å². The quantitative estimate of drug-likeness (QED) is 0.175. The van der Waals surface area contributed by atoms with Crippen LogP contribution in [0.5, 0.6) is 0 Å². The molecule has 0 spiro atoms. The summed E-state index contributed by atoms with van der Waals surface area (Å²) in [6, 6.07) is 71.7. The van der Waals surface area contributed by atoms with Gasteiger partial charge in [-0.2, -0.15) is 0 Å². The van der Waals surface area contributed by atoms with Crippen LogP contribution >= 0.6 is 0 Å². The van der Waals surface area contributed by atoms with Gasteiger partial charge in [0.05, 0.1) is 22.1 Å². The zero-order valence-electron chi connectivity index (χ0n) is 29.4. The first kappa shape index (κ1) is 29.4. The molecule has 2 heteroatoms. The monoisotopic (exact) mass is 684 g/mol. The highest BCUT2D eigenvalue weighted by Gasteiger charge is 2.18. The highest BCUT2D eigenvalue weighted by molar-refractivity contribution is 6.23. The van der Waals surface area contributed by atoms with E-state index in [1.807, 2.05) is 0 Å². The molecule has 2 heterocycles. The van der Waals surface area contributed by atoms with Gasteiger partial charge in [0.2, 0.25) is 0 Å². The topological polar surface area (TPSA) is 9.86 Å². The van der Waals surface area contributed by atoms with Gasteiger partial charge in [-0.05, 0) is 115 Å². The number of rotatable bonds is 3. The zero-order chi connectivity index (χ0) is 35.3. The largest absolute Gasteiger partial charge is 0.309 e. The zero-order valence-corrected chi connectivity index (χ0v) is 29.4.